The fraction of sp³-hybridized carbons (Fsp3) is 0.733. The molecular formula is C15H25NO. The van der Waals surface area contributed by atoms with E-state index in [1.54, 1.807) is 0 Å². The fourth-order valence-electron chi connectivity index (χ4n) is 3.05. The van der Waals surface area contributed by atoms with Crippen molar-refractivity contribution in [1.29, 1.82) is 0 Å². The van der Waals surface area contributed by atoms with Gasteiger partial charge in [0.1, 0.15) is 0 Å². The first-order valence-electron chi connectivity index (χ1n) is 7.04. The summed E-state index contributed by atoms with van der Waals surface area (Å²) in [7, 11) is 0. The van der Waals surface area contributed by atoms with Crippen LogP contribution < -0.4 is 5.32 Å². The first kappa shape index (κ1) is 12.7. The fourth-order valence-corrected chi connectivity index (χ4v) is 3.05. The van der Waals surface area contributed by atoms with E-state index < -0.39 is 0 Å². The van der Waals surface area contributed by atoms with E-state index in [9.17, 15) is 0 Å². The average Bonchev–Trinajstić information content (AvgIpc) is 2.85. The van der Waals surface area contributed by atoms with Gasteiger partial charge in [-0.1, -0.05) is 20.3 Å². The molecule has 96 valence electrons. The monoisotopic (exact) mass is 235 g/mol. The molecule has 2 rings (SSSR count). The Hall–Kier alpha value is -0.760. The molecule has 1 aliphatic rings. The van der Waals surface area contributed by atoms with Gasteiger partial charge in [-0.3, -0.25) is 0 Å². The Morgan fingerprint density at radius 3 is 3.00 bits per heavy atom. The van der Waals surface area contributed by atoms with Crippen LogP contribution in [0.5, 0.6) is 0 Å². The highest BCUT2D eigenvalue weighted by Gasteiger charge is 2.29. The minimum atomic E-state index is 0.696. The van der Waals surface area contributed by atoms with Crippen LogP contribution in [0.4, 0.5) is 0 Å². The van der Waals surface area contributed by atoms with Crippen molar-refractivity contribution in [3.05, 3.63) is 24.2 Å². The van der Waals surface area contributed by atoms with Crippen molar-refractivity contribution in [1.82, 2.24) is 5.32 Å². The predicted molar refractivity (Wildman–Crippen MR) is 71.1 cm³/mol. The van der Waals surface area contributed by atoms with E-state index in [4.69, 9.17) is 4.42 Å². The van der Waals surface area contributed by atoms with Crippen molar-refractivity contribution < 1.29 is 4.42 Å². The number of rotatable bonds is 5. The largest absolute Gasteiger partial charge is 0.472 e. The Morgan fingerprint density at radius 1 is 1.41 bits per heavy atom. The van der Waals surface area contributed by atoms with E-state index in [0.717, 1.165) is 24.9 Å². The molecular weight excluding hydrogens is 210 g/mol. The summed E-state index contributed by atoms with van der Waals surface area (Å²) in [6.07, 6.45) is 9.03. The van der Waals surface area contributed by atoms with E-state index in [1.807, 2.05) is 12.5 Å². The molecule has 1 saturated carbocycles. The van der Waals surface area contributed by atoms with Gasteiger partial charge in [0.2, 0.25) is 0 Å². The van der Waals surface area contributed by atoms with Gasteiger partial charge in [-0.25, -0.2) is 0 Å². The van der Waals surface area contributed by atoms with Gasteiger partial charge in [0.25, 0.3) is 0 Å². The summed E-state index contributed by atoms with van der Waals surface area (Å²) >= 11 is 0. The van der Waals surface area contributed by atoms with Crippen LogP contribution >= 0.6 is 0 Å². The van der Waals surface area contributed by atoms with Gasteiger partial charge in [-0.15, -0.1) is 0 Å². The summed E-state index contributed by atoms with van der Waals surface area (Å²) < 4.78 is 5.26. The third-order valence-electron chi connectivity index (χ3n) is 4.06. The maximum absolute atomic E-state index is 5.26. The molecule has 0 aliphatic heterocycles. The molecule has 0 aromatic carbocycles. The number of furan rings is 1. The zero-order valence-electron chi connectivity index (χ0n) is 11.1. The molecule has 1 aromatic rings. The molecule has 0 amide bonds. The van der Waals surface area contributed by atoms with E-state index in [2.05, 4.69) is 25.2 Å². The first-order chi connectivity index (χ1) is 8.31. The van der Waals surface area contributed by atoms with E-state index in [0.29, 0.717) is 5.92 Å². The van der Waals surface area contributed by atoms with Crippen molar-refractivity contribution >= 4 is 0 Å². The van der Waals surface area contributed by atoms with Crippen LogP contribution in [0, 0.1) is 11.8 Å². The zero-order valence-corrected chi connectivity index (χ0v) is 11.1. The highest BCUT2D eigenvalue weighted by molar-refractivity contribution is 5.15. The highest BCUT2D eigenvalue weighted by atomic mass is 16.3. The number of nitrogens with one attached hydrogen (secondary N) is 1. The van der Waals surface area contributed by atoms with Crippen LogP contribution in [0.2, 0.25) is 0 Å². The standard InChI is InChI=1S/C15H25NO/c1-3-7-16-10-13-5-4-12(2)9-15(13)14-6-8-17-11-14/h6,8,11-13,15-16H,3-5,7,9-10H2,1-2H3. The lowest BCUT2D eigenvalue weighted by atomic mass is 9.72. The van der Waals surface area contributed by atoms with Crippen molar-refractivity contribution in [3.63, 3.8) is 0 Å². The third-order valence-corrected chi connectivity index (χ3v) is 4.06. The van der Waals surface area contributed by atoms with Crippen LogP contribution in [0.15, 0.2) is 23.0 Å². The van der Waals surface area contributed by atoms with Gasteiger partial charge in [0, 0.05) is 0 Å². The van der Waals surface area contributed by atoms with E-state index in [1.165, 1.54) is 31.2 Å². The lowest BCUT2D eigenvalue weighted by Crippen LogP contribution is -2.31. The summed E-state index contributed by atoms with van der Waals surface area (Å²) in [5.74, 6) is 2.34. The molecule has 3 atom stereocenters. The van der Waals surface area contributed by atoms with Crippen molar-refractivity contribution in [2.45, 2.75) is 45.4 Å². The molecule has 1 fully saturated rings. The van der Waals surface area contributed by atoms with Crippen molar-refractivity contribution in [3.8, 4) is 0 Å². The lowest BCUT2D eigenvalue weighted by Gasteiger charge is -2.34. The summed E-state index contributed by atoms with van der Waals surface area (Å²) in [5, 5.41) is 3.58. The smallest absolute Gasteiger partial charge is 0.0937 e. The Balaban J connectivity index is 1.96. The Kier molecular flexibility index (Phi) is 4.66. The third kappa shape index (κ3) is 3.35. The SMILES string of the molecule is CCCNCC1CCC(C)CC1c1ccoc1. The maximum Gasteiger partial charge on any atom is 0.0937 e. The molecule has 1 aliphatic carbocycles. The van der Waals surface area contributed by atoms with E-state index in [-0.39, 0.29) is 0 Å². The van der Waals surface area contributed by atoms with Gasteiger partial charge in [0.05, 0.1) is 12.5 Å². The molecule has 1 heterocycles. The van der Waals surface area contributed by atoms with Crippen LogP contribution in [0.25, 0.3) is 0 Å². The van der Waals surface area contributed by atoms with E-state index >= 15 is 0 Å². The highest BCUT2D eigenvalue weighted by Crippen LogP contribution is 2.40. The minimum absolute atomic E-state index is 0.696. The second-order valence-electron chi connectivity index (χ2n) is 5.55. The molecule has 2 nitrogen and oxygen atoms in total. The molecule has 2 heteroatoms. The summed E-state index contributed by atoms with van der Waals surface area (Å²) in [5.41, 5.74) is 1.40. The van der Waals surface area contributed by atoms with Gasteiger partial charge >= 0.3 is 0 Å². The lowest BCUT2D eigenvalue weighted by molar-refractivity contribution is 0.241. The van der Waals surface area contributed by atoms with Gasteiger partial charge in [0.15, 0.2) is 0 Å². The summed E-state index contributed by atoms with van der Waals surface area (Å²) in [6, 6.07) is 2.15. The molecule has 1 N–H and O–H groups in total. The van der Waals surface area contributed by atoms with Crippen molar-refractivity contribution in [2.24, 2.45) is 11.8 Å². The molecule has 0 bridgehead atoms. The summed E-state index contributed by atoms with van der Waals surface area (Å²) in [6.45, 7) is 6.91. The van der Waals surface area contributed by atoms with Crippen LogP contribution in [0.1, 0.15) is 51.0 Å². The molecule has 0 spiro atoms. The molecule has 17 heavy (non-hydrogen) atoms. The van der Waals surface area contributed by atoms with Gasteiger partial charge in [-0.05, 0) is 61.7 Å². The molecule has 0 saturated heterocycles. The molecule has 0 radical (unpaired) electrons. The minimum Gasteiger partial charge on any atom is -0.472 e. The van der Waals surface area contributed by atoms with Crippen LogP contribution in [-0.2, 0) is 0 Å². The Morgan fingerprint density at radius 2 is 2.29 bits per heavy atom. The quantitative estimate of drug-likeness (QED) is 0.785. The Labute approximate surface area is 105 Å². The molecule has 3 unspecified atom stereocenters. The van der Waals surface area contributed by atoms with Crippen LogP contribution in [0.3, 0.4) is 0 Å². The van der Waals surface area contributed by atoms with Gasteiger partial charge < -0.3 is 9.73 Å². The maximum atomic E-state index is 5.26. The average molecular weight is 235 g/mol. The number of hydrogen-bond acceptors (Lipinski definition) is 2. The predicted octanol–water partition coefficient (Wildman–Crippen LogP) is 3.80. The molecule has 1 aromatic heterocycles. The summed E-state index contributed by atoms with van der Waals surface area (Å²) in [4.78, 5) is 0. The first-order valence-corrected chi connectivity index (χ1v) is 7.04. The Bertz CT molecular complexity index is 307. The van der Waals surface area contributed by atoms with Crippen molar-refractivity contribution in [2.75, 3.05) is 13.1 Å². The zero-order chi connectivity index (χ0) is 12.1. The topological polar surface area (TPSA) is 25.2 Å². The van der Waals surface area contributed by atoms with Crippen LogP contribution in [-0.4, -0.2) is 13.1 Å². The second kappa shape index (κ2) is 6.25. The number of hydrogen-bond donors (Lipinski definition) is 1. The second-order valence-corrected chi connectivity index (χ2v) is 5.55. The normalized spacial score (nSPS) is 29.4. The van der Waals surface area contributed by atoms with Gasteiger partial charge in [-0.2, -0.15) is 0 Å².